The Balaban J connectivity index is 1.69. The third kappa shape index (κ3) is 4.27. The van der Waals surface area contributed by atoms with E-state index in [9.17, 15) is 10.1 Å². The number of pyridine rings is 1. The van der Waals surface area contributed by atoms with Gasteiger partial charge < -0.3 is 19.3 Å². The highest BCUT2D eigenvalue weighted by molar-refractivity contribution is 5.77. The molecule has 1 saturated heterocycles. The van der Waals surface area contributed by atoms with Gasteiger partial charge in [0, 0.05) is 43.9 Å². The van der Waals surface area contributed by atoms with Crippen molar-refractivity contribution in [3.05, 3.63) is 47.0 Å². The van der Waals surface area contributed by atoms with E-state index in [4.69, 9.17) is 14.5 Å². The van der Waals surface area contributed by atoms with Crippen LogP contribution in [-0.4, -0.2) is 61.8 Å². The highest BCUT2D eigenvalue weighted by Gasteiger charge is 2.31. The average Bonchev–Trinajstić information content (AvgIpc) is 2.81. The van der Waals surface area contributed by atoms with Crippen LogP contribution in [0.4, 0.5) is 5.82 Å². The lowest BCUT2D eigenvalue weighted by molar-refractivity contribution is -0.134. The number of carbonyl (C=O) groups is 1. The van der Waals surface area contributed by atoms with Gasteiger partial charge in [-0.15, -0.1) is 0 Å². The standard InChI is InChI=1S/C24H28N4O3/c1-17-15-27(10-11-28(17)22(29)9-12-30-2)24-20(14-25)19-8-13-31-16-21(19)23(26-24)18-6-4-3-5-7-18/h3-7,17H,8-13,15-16H2,1-2H3. The van der Waals surface area contributed by atoms with Crippen molar-refractivity contribution >= 4 is 11.7 Å². The van der Waals surface area contributed by atoms with Gasteiger partial charge in [0.25, 0.3) is 0 Å². The molecular formula is C24H28N4O3. The molecule has 0 spiro atoms. The van der Waals surface area contributed by atoms with E-state index in [1.54, 1.807) is 7.11 Å². The van der Waals surface area contributed by atoms with Gasteiger partial charge in [-0.3, -0.25) is 4.79 Å². The van der Waals surface area contributed by atoms with E-state index >= 15 is 0 Å². The Labute approximate surface area is 183 Å². The number of ether oxygens (including phenoxy) is 2. The van der Waals surface area contributed by atoms with Crippen LogP contribution in [0.5, 0.6) is 0 Å². The summed E-state index contributed by atoms with van der Waals surface area (Å²) in [4.78, 5) is 21.6. The molecular weight excluding hydrogens is 392 g/mol. The van der Waals surface area contributed by atoms with Gasteiger partial charge >= 0.3 is 0 Å². The van der Waals surface area contributed by atoms with Crippen molar-refractivity contribution in [3.8, 4) is 17.3 Å². The number of methoxy groups -OCH3 is 1. The number of anilines is 1. The summed E-state index contributed by atoms with van der Waals surface area (Å²) in [7, 11) is 1.61. The van der Waals surface area contributed by atoms with Crippen LogP contribution in [-0.2, 0) is 27.3 Å². The molecule has 0 bridgehead atoms. The smallest absolute Gasteiger partial charge is 0.225 e. The number of fused-ring (bicyclic) bond motifs is 1. The molecule has 1 aromatic heterocycles. The number of carbonyl (C=O) groups excluding carboxylic acids is 1. The summed E-state index contributed by atoms with van der Waals surface area (Å²) < 4.78 is 10.8. The van der Waals surface area contributed by atoms with Gasteiger partial charge in [-0.25, -0.2) is 4.98 Å². The monoisotopic (exact) mass is 420 g/mol. The lowest BCUT2D eigenvalue weighted by Crippen LogP contribution is -2.54. The molecule has 0 saturated carbocycles. The second-order valence-corrected chi connectivity index (χ2v) is 8.02. The molecule has 1 unspecified atom stereocenters. The fourth-order valence-electron chi connectivity index (χ4n) is 4.47. The molecule has 7 nitrogen and oxygen atoms in total. The first-order chi connectivity index (χ1) is 15.1. The summed E-state index contributed by atoms with van der Waals surface area (Å²) >= 11 is 0. The summed E-state index contributed by atoms with van der Waals surface area (Å²) in [5.41, 5.74) is 4.61. The third-order valence-corrected chi connectivity index (χ3v) is 6.06. The van der Waals surface area contributed by atoms with Crippen molar-refractivity contribution in [1.29, 1.82) is 5.26 Å². The number of benzene rings is 1. The molecule has 31 heavy (non-hydrogen) atoms. The Bertz CT molecular complexity index is 987. The van der Waals surface area contributed by atoms with Gasteiger partial charge in [0.1, 0.15) is 11.9 Å². The molecule has 2 aromatic rings. The summed E-state index contributed by atoms with van der Waals surface area (Å²) in [5, 5.41) is 10.0. The molecule has 0 aliphatic carbocycles. The molecule has 1 fully saturated rings. The van der Waals surface area contributed by atoms with E-state index in [1.165, 1.54) is 0 Å². The highest BCUT2D eigenvalue weighted by Crippen LogP contribution is 2.35. The van der Waals surface area contributed by atoms with Crippen LogP contribution < -0.4 is 4.90 Å². The van der Waals surface area contributed by atoms with Crippen LogP contribution in [0.15, 0.2) is 30.3 Å². The first-order valence-electron chi connectivity index (χ1n) is 10.8. The molecule has 4 rings (SSSR count). The molecule has 0 radical (unpaired) electrons. The number of piperazine rings is 1. The second-order valence-electron chi connectivity index (χ2n) is 8.02. The first kappa shape index (κ1) is 21.3. The molecule has 1 atom stereocenters. The lowest BCUT2D eigenvalue weighted by Gasteiger charge is -2.41. The van der Waals surface area contributed by atoms with Gasteiger partial charge in [-0.05, 0) is 18.9 Å². The van der Waals surface area contributed by atoms with Crippen LogP contribution >= 0.6 is 0 Å². The number of nitriles is 1. The summed E-state index contributed by atoms with van der Waals surface area (Å²) in [5.74, 6) is 0.827. The Morgan fingerprint density at radius 1 is 1.29 bits per heavy atom. The normalized spacial score (nSPS) is 18.4. The van der Waals surface area contributed by atoms with E-state index in [0.717, 1.165) is 28.2 Å². The molecule has 2 aliphatic rings. The number of amides is 1. The zero-order valence-corrected chi connectivity index (χ0v) is 18.1. The summed E-state index contributed by atoms with van der Waals surface area (Å²) in [6.07, 6.45) is 1.10. The van der Waals surface area contributed by atoms with Gasteiger partial charge in [-0.1, -0.05) is 30.3 Å². The van der Waals surface area contributed by atoms with E-state index < -0.39 is 0 Å². The zero-order chi connectivity index (χ0) is 21.8. The van der Waals surface area contributed by atoms with Crippen LogP contribution in [0, 0.1) is 11.3 Å². The van der Waals surface area contributed by atoms with Crippen molar-refractivity contribution in [3.63, 3.8) is 0 Å². The van der Waals surface area contributed by atoms with Crippen molar-refractivity contribution in [1.82, 2.24) is 9.88 Å². The predicted molar refractivity (Wildman–Crippen MR) is 118 cm³/mol. The number of hydrogen-bond donors (Lipinski definition) is 0. The van der Waals surface area contributed by atoms with Crippen molar-refractivity contribution in [2.75, 3.05) is 44.9 Å². The maximum atomic E-state index is 12.5. The van der Waals surface area contributed by atoms with Gasteiger partial charge in [-0.2, -0.15) is 5.26 Å². The number of hydrogen-bond acceptors (Lipinski definition) is 6. The Morgan fingerprint density at radius 2 is 2.10 bits per heavy atom. The van der Waals surface area contributed by atoms with Gasteiger partial charge in [0.05, 0.1) is 37.5 Å². The Morgan fingerprint density at radius 3 is 2.81 bits per heavy atom. The Kier molecular flexibility index (Phi) is 6.50. The number of rotatable bonds is 5. The van der Waals surface area contributed by atoms with Crippen LogP contribution in [0.1, 0.15) is 30.0 Å². The fourth-order valence-corrected chi connectivity index (χ4v) is 4.47. The maximum absolute atomic E-state index is 12.5. The summed E-state index contributed by atoms with van der Waals surface area (Å²) in [6, 6.07) is 12.5. The highest BCUT2D eigenvalue weighted by atomic mass is 16.5. The molecule has 162 valence electrons. The minimum absolute atomic E-state index is 0.0333. The molecule has 0 N–H and O–H groups in total. The zero-order valence-electron chi connectivity index (χ0n) is 18.1. The largest absolute Gasteiger partial charge is 0.384 e. The second kappa shape index (κ2) is 9.46. The molecule has 7 heteroatoms. The number of aromatic nitrogens is 1. The topological polar surface area (TPSA) is 78.7 Å². The summed E-state index contributed by atoms with van der Waals surface area (Å²) in [6.45, 7) is 5.46. The minimum Gasteiger partial charge on any atom is -0.384 e. The molecule has 1 amide bonds. The van der Waals surface area contributed by atoms with E-state index in [1.807, 2.05) is 42.2 Å². The maximum Gasteiger partial charge on any atom is 0.225 e. The van der Waals surface area contributed by atoms with Gasteiger partial charge in [0.15, 0.2) is 0 Å². The van der Waals surface area contributed by atoms with Crippen molar-refractivity contribution < 1.29 is 14.3 Å². The first-order valence-corrected chi connectivity index (χ1v) is 10.8. The van der Waals surface area contributed by atoms with Crippen molar-refractivity contribution in [2.24, 2.45) is 0 Å². The van der Waals surface area contributed by atoms with E-state index in [0.29, 0.717) is 57.9 Å². The lowest BCUT2D eigenvalue weighted by atomic mass is 9.93. The molecule has 1 aromatic carbocycles. The third-order valence-electron chi connectivity index (χ3n) is 6.06. The Hall–Kier alpha value is -2.95. The number of nitrogens with zero attached hydrogens (tertiary/aromatic N) is 4. The SMILES string of the molecule is COCCC(=O)N1CCN(c2nc(-c3ccccc3)c3c(c2C#N)CCOC3)CC1C. The minimum atomic E-state index is 0.0333. The molecule has 2 aliphatic heterocycles. The van der Waals surface area contributed by atoms with Crippen LogP contribution in [0.3, 0.4) is 0 Å². The quantitative estimate of drug-likeness (QED) is 0.740. The van der Waals surface area contributed by atoms with Crippen LogP contribution in [0.2, 0.25) is 0 Å². The molecule has 3 heterocycles. The fraction of sp³-hybridized carbons (Fsp3) is 0.458. The van der Waals surface area contributed by atoms with Gasteiger partial charge in [0.2, 0.25) is 5.91 Å². The van der Waals surface area contributed by atoms with Crippen LogP contribution in [0.25, 0.3) is 11.3 Å². The van der Waals surface area contributed by atoms with Crippen molar-refractivity contribution in [2.45, 2.75) is 32.4 Å². The average molecular weight is 421 g/mol. The van der Waals surface area contributed by atoms with E-state index in [2.05, 4.69) is 11.0 Å². The van der Waals surface area contributed by atoms with E-state index in [-0.39, 0.29) is 11.9 Å². The predicted octanol–water partition coefficient (Wildman–Crippen LogP) is 2.77.